The zero-order valence-electron chi connectivity index (χ0n) is 15.2. The molecule has 1 atom stereocenters. The first-order valence-electron chi connectivity index (χ1n) is 8.47. The van der Waals surface area contributed by atoms with Crippen molar-refractivity contribution in [3.8, 4) is 11.5 Å². The lowest BCUT2D eigenvalue weighted by Crippen LogP contribution is -2.44. The fraction of sp³-hybridized carbons (Fsp3) is 0.278. The van der Waals surface area contributed by atoms with Crippen LogP contribution in [0.25, 0.3) is 0 Å². The van der Waals surface area contributed by atoms with Gasteiger partial charge >= 0.3 is 6.29 Å². The third kappa shape index (κ3) is 5.37. The summed E-state index contributed by atoms with van der Waals surface area (Å²) in [5, 5.41) is 2.53. The summed E-state index contributed by atoms with van der Waals surface area (Å²) >= 11 is 1.46. The summed E-state index contributed by atoms with van der Waals surface area (Å²) in [6, 6.07) is 10.4. The number of hydrogen-bond donors (Lipinski definition) is 2. The summed E-state index contributed by atoms with van der Waals surface area (Å²) in [6.45, 7) is 0. The lowest BCUT2D eigenvalue weighted by atomic mass is 10.2. The fourth-order valence-electron chi connectivity index (χ4n) is 2.59. The van der Waals surface area contributed by atoms with Crippen molar-refractivity contribution in [2.45, 2.75) is 23.7 Å². The first kappa shape index (κ1) is 21.3. The van der Waals surface area contributed by atoms with Crippen molar-refractivity contribution in [2.24, 2.45) is 0 Å². The Morgan fingerprint density at radius 2 is 1.83 bits per heavy atom. The molecule has 2 aromatic rings. The number of hydrogen-bond acceptors (Lipinski definition) is 6. The van der Waals surface area contributed by atoms with Gasteiger partial charge in [-0.3, -0.25) is 4.79 Å². The lowest BCUT2D eigenvalue weighted by Gasteiger charge is -2.18. The van der Waals surface area contributed by atoms with Crippen LogP contribution in [0.4, 0.5) is 14.5 Å². The third-order valence-corrected chi connectivity index (χ3v) is 6.08. The number of anilines is 1. The third-order valence-electron chi connectivity index (χ3n) is 3.95. The highest BCUT2D eigenvalue weighted by atomic mass is 32.2. The number of halogens is 2. The van der Waals surface area contributed by atoms with E-state index in [2.05, 4.69) is 19.5 Å². The minimum Gasteiger partial charge on any atom is -0.395 e. The Balaban J connectivity index is 1.75. The molecule has 0 saturated heterocycles. The Morgan fingerprint density at radius 3 is 2.52 bits per heavy atom. The monoisotopic (exact) mass is 444 g/mol. The number of amides is 1. The molecule has 2 aromatic carbocycles. The molecule has 0 aliphatic carbocycles. The predicted molar refractivity (Wildman–Crippen MR) is 105 cm³/mol. The highest BCUT2D eigenvalue weighted by molar-refractivity contribution is 7.98. The molecule has 0 radical (unpaired) electrons. The van der Waals surface area contributed by atoms with Crippen LogP contribution in [-0.4, -0.2) is 38.7 Å². The summed E-state index contributed by atoms with van der Waals surface area (Å²) in [6.07, 6.45) is -1.70. The molecule has 11 heteroatoms. The number of nitrogens with one attached hydrogen (secondary N) is 2. The molecule has 1 aliphatic heterocycles. The summed E-state index contributed by atoms with van der Waals surface area (Å²) in [4.78, 5) is 12.7. The van der Waals surface area contributed by atoms with Crippen LogP contribution in [0, 0.1) is 0 Å². The molecule has 0 fully saturated rings. The number of benzene rings is 2. The van der Waals surface area contributed by atoms with E-state index in [1.165, 1.54) is 42.1 Å². The second-order valence-corrected chi connectivity index (χ2v) is 8.79. The second kappa shape index (κ2) is 8.56. The Bertz CT molecular complexity index is 987. The van der Waals surface area contributed by atoms with E-state index < -0.39 is 28.3 Å². The number of ether oxygens (including phenoxy) is 2. The Labute approximate surface area is 170 Å². The maximum Gasteiger partial charge on any atom is 0.586 e. The molecule has 3 rings (SSSR count). The quantitative estimate of drug-likeness (QED) is 0.650. The Hall–Kier alpha value is -2.37. The van der Waals surface area contributed by atoms with Gasteiger partial charge in [-0.25, -0.2) is 8.42 Å². The number of rotatable bonds is 8. The van der Waals surface area contributed by atoms with E-state index in [4.69, 9.17) is 0 Å². The largest absolute Gasteiger partial charge is 0.586 e. The van der Waals surface area contributed by atoms with E-state index in [9.17, 15) is 22.0 Å². The van der Waals surface area contributed by atoms with E-state index in [1.807, 2.05) is 6.26 Å². The fourth-order valence-corrected chi connectivity index (χ4v) is 4.31. The molecular formula is C18H18F2N2O5S2. The minimum absolute atomic E-state index is 0.0345. The number of alkyl halides is 2. The molecule has 1 aliphatic rings. The smallest absolute Gasteiger partial charge is 0.395 e. The van der Waals surface area contributed by atoms with Gasteiger partial charge in [-0.2, -0.15) is 16.5 Å². The lowest BCUT2D eigenvalue weighted by molar-refractivity contribution is -0.286. The highest BCUT2D eigenvalue weighted by Gasteiger charge is 2.43. The molecule has 1 unspecified atom stereocenters. The SMILES string of the molecule is CSCCC(NS(=O)(=O)c1ccccc1)C(=O)Nc1ccc2c(c1)OC(F)(F)O2. The topological polar surface area (TPSA) is 93.7 Å². The molecule has 29 heavy (non-hydrogen) atoms. The van der Waals surface area contributed by atoms with Gasteiger partial charge in [0.2, 0.25) is 15.9 Å². The number of sulfonamides is 1. The molecule has 7 nitrogen and oxygen atoms in total. The Kier molecular flexibility index (Phi) is 6.30. The molecule has 0 aromatic heterocycles. The van der Waals surface area contributed by atoms with Crippen molar-refractivity contribution in [3.63, 3.8) is 0 Å². The molecule has 0 spiro atoms. The van der Waals surface area contributed by atoms with Crippen LogP contribution >= 0.6 is 11.8 Å². The molecule has 1 heterocycles. The first-order valence-corrected chi connectivity index (χ1v) is 11.3. The van der Waals surface area contributed by atoms with Crippen molar-refractivity contribution in [1.82, 2.24) is 4.72 Å². The summed E-state index contributed by atoms with van der Waals surface area (Å²) < 4.78 is 62.5. The van der Waals surface area contributed by atoms with Crippen molar-refractivity contribution in [2.75, 3.05) is 17.3 Å². The van der Waals surface area contributed by atoms with E-state index in [0.717, 1.165) is 0 Å². The van der Waals surface area contributed by atoms with Gasteiger partial charge in [-0.1, -0.05) is 18.2 Å². The van der Waals surface area contributed by atoms with E-state index in [-0.39, 0.29) is 28.5 Å². The van der Waals surface area contributed by atoms with Crippen LogP contribution in [0.3, 0.4) is 0 Å². The maximum atomic E-state index is 13.1. The molecule has 0 bridgehead atoms. The summed E-state index contributed by atoms with van der Waals surface area (Å²) in [7, 11) is -3.92. The van der Waals surface area contributed by atoms with Crippen molar-refractivity contribution >= 4 is 33.4 Å². The number of fused-ring (bicyclic) bond motifs is 1. The van der Waals surface area contributed by atoms with Crippen LogP contribution in [0.1, 0.15) is 6.42 Å². The highest BCUT2D eigenvalue weighted by Crippen LogP contribution is 2.42. The normalized spacial score (nSPS) is 15.7. The predicted octanol–water partition coefficient (Wildman–Crippen LogP) is 3.05. The van der Waals surface area contributed by atoms with Gasteiger partial charge in [0, 0.05) is 11.8 Å². The van der Waals surface area contributed by atoms with Gasteiger partial charge in [0.25, 0.3) is 0 Å². The molecular weight excluding hydrogens is 426 g/mol. The first-order chi connectivity index (χ1) is 13.7. The van der Waals surface area contributed by atoms with Gasteiger partial charge in [-0.05, 0) is 42.7 Å². The van der Waals surface area contributed by atoms with Crippen LogP contribution < -0.4 is 19.5 Å². The summed E-state index contributed by atoms with van der Waals surface area (Å²) in [5.74, 6) is -0.470. The van der Waals surface area contributed by atoms with Gasteiger partial charge in [0.15, 0.2) is 11.5 Å². The van der Waals surface area contributed by atoms with Crippen molar-refractivity contribution < 1.29 is 31.5 Å². The van der Waals surface area contributed by atoms with Crippen molar-refractivity contribution in [1.29, 1.82) is 0 Å². The molecule has 2 N–H and O–H groups in total. The van der Waals surface area contributed by atoms with E-state index in [0.29, 0.717) is 5.75 Å². The van der Waals surface area contributed by atoms with Gasteiger partial charge < -0.3 is 14.8 Å². The second-order valence-electron chi connectivity index (χ2n) is 6.09. The molecule has 156 valence electrons. The number of carbonyl (C=O) groups is 1. The zero-order valence-corrected chi connectivity index (χ0v) is 16.9. The van der Waals surface area contributed by atoms with Gasteiger partial charge in [0.1, 0.15) is 6.04 Å². The Morgan fingerprint density at radius 1 is 1.14 bits per heavy atom. The average molecular weight is 444 g/mol. The van der Waals surface area contributed by atoms with E-state index >= 15 is 0 Å². The van der Waals surface area contributed by atoms with Gasteiger partial charge in [-0.15, -0.1) is 8.78 Å². The standard InChI is InChI=1S/C18H18F2N2O5S2/c1-28-10-9-14(22-29(24,25)13-5-3-2-4-6-13)17(23)21-12-7-8-15-16(11-12)27-18(19,20)26-15/h2-8,11,14,22H,9-10H2,1H3,(H,21,23). The van der Waals surface area contributed by atoms with Crippen LogP contribution in [0.5, 0.6) is 11.5 Å². The van der Waals surface area contributed by atoms with Crippen LogP contribution in [0.15, 0.2) is 53.4 Å². The number of carbonyl (C=O) groups excluding carboxylic acids is 1. The van der Waals surface area contributed by atoms with Crippen molar-refractivity contribution in [3.05, 3.63) is 48.5 Å². The average Bonchev–Trinajstić information content (AvgIpc) is 2.98. The molecule has 1 amide bonds. The van der Waals surface area contributed by atoms with Gasteiger partial charge in [0.05, 0.1) is 4.90 Å². The maximum absolute atomic E-state index is 13.1. The zero-order chi connectivity index (χ0) is 21.1. The number of thioether (sulfide) groups is 1. The summed E-state index contributed by atoms with van der Waals surface area (Å²) in [5.41, 5.74) is 0.170. The minimum atomic E-state index is -3.92. The molecule has 0 saturated carbocycles. The van der Waals surface area contributed by atoms with E-state index in [1.54, 1.807) is 18.2 Å². The van der Waals surface area contributed by atoms with Crippen LogP contribution in [0.2, 0.25) is 0 Å². The van der Waals surface area contributed by atoms with Crippen LogP contribution in [-0.2, 0) is 14.8 Å².